The van der Waals surface area contributed by atoms with Gasteiger partial charge in [0.25, 0.3) is 11.7 Å². The van der Waals surface area contributed by atoms with E-state index in [9.17, 15) is 9.59 Å². The van der Waals surface area contributed by atoms with Gasteiger partial charge in [0.15, 0.2) is 5.11 Å². The second-order valence-corrected chi connectivity index (χ2v) is 7.29. The lowest BCUT2D eigenvalue weighted by Crippen LogP contribution is -2.55. The molecule has 7 nitrogen and oxygen atoms in total. The summed E-state index contributed by atoms with van der Waals surface area (Å²) in [6.45, 7) is 8.94. The highest BCUT2D eigenvalue weighted by Gasteiger charge is 2.59. The first kappa shape index (κ1) is 17.4. The molecule has 1 aliphatic carbocycles. The van der Waals surface area contributed by atoms with Crippen molar-refractivity contribution in [3.8, 4) is 0 Å². The number of aromatic nitrogens is 2. The van der Waals surface area contributed by atoms with Gasteiger partial charge in [0.05, 0.1) is 11.4 Å². The van der Waals surface area contributed by atoms with Crippen LogP contribution in [-0.2, 0) is 11.8 Å². The van der Waals surface area contributed by atoms with Gasteiger partial charge < -0.3 is 14.3 Å². The number of carbonyl (C=O) groups excluding carboxylic acids is 1. The fraction of sp³-hybridized carbons (Fsp3) is 0.316. The van der Waals surface area contributed by atoms with E-state index >= 15 is 0 Å². The fourth-order valence-corrected chi connectivity index (χ4v) is 4.18. The largest absolute Gasteiger partial charge is 0.360 e. The first-order valence-corrected chi connectivity index (χ1v) is 8.99. The number of pyridine rings is 2. The Morgan fingerprint density at radius 1 is 1.26 bits per heavy atom. The van der Waals surface area contributed by atoms with E-state index in [0.29, 0.717) is 35.0 Å². The van der Waals surface area contributed by atoms with E-state index in [1.807, 2.05) is 4.90 Å². The Bertz CT molecular complexity index is 1080. The van der Waals surface area contributed by atoms with E-state index in [2.05, 4.69) is 9.83 Å². The van der Waals surface area contributed by atoms with Gasteiger partial charge in [-0.25, -0.2) is 0 Å². The normalized spacial score (nSPS) is 18.0. The van der Waals surface area contributed by atoms with Gasteiger partial charge in [-0.3, -0.25) is 14.5 Å². The molecule has 0 bridgehead atoms. The molecule has 2 aliphatic rings. The molecule has 1 spiro atoms. The quantitative estimate of drug-likeness (QED) is 0.593. The highest BCUT2D eigenvalue weighted by Crippen LogP contribution is 2.47. The number of rotatable bonds is 2. The summed E-state index contributed by atoms with van der Waals surface area (Å²) >= 11 is 5.69. The van der Waals surface area contributed by atoms with E-state index in [1.165, 1.54) is 21.7 Å². The SMILES string of the molecule is [C-]#[N+]c1ncc(N2C(=O)C3(CCC3)N(c3ccc(=O)n(C)c3)C2=S)cc1C. The number of amides is 1. The summed E-state index contributed by atoms with van der Waals surface area (Å²) in [6, 6.07) is 4.95. The minimum atomic E-state index is -0.707. The van der Waals surface area contributed by atoms with Gasteiger partial charge >= 0.3 is 0 Å². The molecular formula is C19H17N5O2S. The van der Waals surface area contributed by atoms with Crippen LogP contribution in [0.15, 0.2) is 35.4 Å². The summed E-state index contributed by atoms with van der Waals surface area (Å²) in [5, 5.41) is 0.370. The number of carbonyl (C=O) groups is 1. The van der Waals surface area contributed by atoms with Crippen LogP contribution in [0.1, 0.15) is 24.8 Å². The number of thiocarbonyl (C=S) groups is 1. The Morgan fingerprint density at radius 3 is 2.56 bits per heavy atom. The first-order valence-electron chi connectivity index (χ1n) is 8.58. The summed E-state index contributed by atoms with van der Waals surface area (Å²) in [5.41, 5.74) is 1.15. The molecule has 0 radical (unpaired) electrons. The number of hydrogen-bond donors (Lipinski definition) is 0. The predicted molar refractivity (Wildman–Crippen MR) is 106 cm³/mol. The zero-order chi connectivity index (χ0) is 19.3. The topological polar surface area (TPSA) is 62.8 Å². The molecule has 0 N–H and O–H groups in total. The van der Waals surface area contributed by atoms with Crippen LogP contribution < -0.4 is 15.4 Å². The van der Waals surface area contributed by atoms with Gasteiger partial charge in [-0.05, 0) is 56.1 Å². The van der Waals surface area contributed by atoms with Crippen molar-refractivity contribution in [1.29, 1.82) is 0 Å². The molecule has 2 aromatic rings. The minimum Gasteiger partial charge on any atom is -0.360 e. The molecule has 0 unspecified atom stereocenters. The van der Waals surface area contributed by atoms with Gasteiger partial charge in [-0.2, -0.15) is 0 Å². The zero-order valence-corrected chi connectivity index (χ0v) is 15.8. The van der Waals surface area contributed by atoms with E-state index in [-0.39, 0.29) is 11.5 Å². The van der Waals surface area contributed by atoms with Crippen LogP contribution in [0.25, 0.3) is 4.85 Å². The second kappa shape index (κ2) is 5.99. The Morgan fingerprint density at radius 2 is 2.00 bits per heavy atom. The fourth-order valence-electron chi connectivity index (χ4n) is 3.71. The number of anilines is 2. The first-order chi connectivity index (χ1) is 12.9. The molecule has 1 aliphatic heterocycles. The molecule has 1 saturated heterocycles. The molecule has 2 aromatic heterocycles. The van der Waals surface area contributed by atoms with E-state index in [1.54, 1.807) is 32.3 Å². The predicted octanol–water partition coefficient (Wildman–Crippen LogP) is 2.70. The molecule has 136 valence electrons. The maximum absolute atomic E-state index is 13.4. The third-order valence-corrected chi connectivity index (χ3v) is 5.69. The smallest absolute Gasteiger partial charge is 0.272 e. The lowest BCUT2D eigenvalue weighted by atomic mass is 9.75. The summed E-state index contributed by atoms with van der Waals surface area (Å²) in [4.78, 5) is 36.0. The lowest BCUT2D eigenvalue weighted by molar-refractivity contribution is -0.123. The van der Waals surface area contributed by atoms with Crippen LogP contribution in [0.4, 0.5) is 17.2 Å². The number of hydrogen-bond acceptors (Lipinski definition) is 4. The molecule has 27 heavy (non-hydrogen) atoms. The Balaban J connectivity index is 1.82. The van der Waals surface area contributed by atoms with Crippen molar-refractivity contribution in [2.45, 2.75) is 31.7 Å². The molecule has 4 rings (SSSR count). The standard InChI is InChI=1S/C19H17N5O2S/c1-12-9-14(10-21-16(12)20-2)23-17(26)19(7-4-8-19)24(18(23)27)13-5-6-15(25)22(3)11-13/h5-6,9-11H,4,7-8H2,1,3H3. The maximum Gasteiger partial charge on any atom is 0.272 e. The number of nitrogens with zero attached hydrogens (tertiary/aromatic N) is 5. The van der Waals surface area contributed by atoms with Crippen molar-refractivity contribution in [3.05, 3.63) is 57.9 Å². The summed E-state index contributed by atoms with van der Waals surface area (Å²) in [7, 11) is 1.67. The zero-order valence-electron chi connectivity index (χ0n) is 15.0. The van der Waals surface area contributed by atoms with Crippen molar-refractivity contribution in [1.82, 2.24) is 9.55 Å². The van der Waals surface area contributed by atoms with Gasteiger partial charge in [-0.15, -0.1) is 4.98 Å². The van der Waals surface area contributed by atoms with Crippen molar-refractivity contribution >= 4 is 40.4 Å². The van der Waals surface area contributed by atoms with Gasteiger partial charge in [0.1, 0.15) is 11.7 Å². The molecule has 3 heterocycles. The lowest BCUT2D eigenvalue weighted by Gasteiger charge is -2.42. The van der Waals surface area contributed by atoms with Crippen LogP contribution in [0.3, 0.4) is 0 Å². The van der Waals surface area contributed by atoms with Crippen molar-refractivity contribution in [3.63, 3.8) is 0 Å². The highest BCUT2D eigenvalue weighted by molar-refractivity contribution is 7.81. The van der Waals surface area contributed by atoms with E-state index < -0.39 is 5.54 Å². The molecule has 8 heteroatoms. The molecule has 0 aromatic carbocycles. The average Bonchev–Trinajstić information content (AvgIpc) is 2.84. The van der Waals surface area contributed by atoms with Crippen molar-refractivity contribution < 1.29 is 4.79 Å². The Labute approximate surface area is 161 Å². The minimum absolute atomic E-state index is 0.0793. The van der Waals surface area contributed by atoms with Crippen LogP contribution >= 0.6 is 12.2 Å². The van der Waals surface area contributed by atoms with Crippen LogP contribution in [0, 0.1) is 13.5 Å². The third-order valence-electron chi connectivity index (χ3n) is 5.32. The second-order valence-electron chi connectivity index (χ2n) is 6.93. The van der Waals surface area contributed by atoms with E-state index in [0.717, 1.165) is 12.1 Å². The summed E-state index contributed by atoms with van der Waals surface area (Å²) in [6.07, 6.45) is 5.58. The average molecular weight is 379 g/mol. The van der Waals surface area contributed by atoms with Gasteiger partial charge in [0, 0.05) is 19.3 Å². The molecule has 0 atom stereocenters. The van der Waals surface area contributed by atoms with Crippen LogP contribution in [0.5, 0.6) is 0 Å². The Kier molecular flexibility index (Phi) is 3.86. The molecule has 1 amide bonds. The number of aryl methyl sites for hydroxylation is 2. The van der Waals surface area contributed by atoms with Crippen LogP contribution in [0.2, 0.25) is 0 Å². The molecule has 2 fully saturated rings. The third kappa shape index (κ3) is 2.39. The van der Waals surface area contributed by atoms with Crippen molar-refractivity contribution in [2.75, 3.05) is 9.80 Å². The molecule has 1 saturated carbocycles. The van der Waals surface area contributed by atoms with Gasteiger partial charge in [0.2, 0.25) is 5.56 Å². The summed E-state index contributed by atoms with van der Waals surface area (Å²) in [5.74, 6) is 0.231. The summed E-state index contributed by atoms with van der Waals surface area (Å²) < 4.78 is 1.48. The monoisotopic (exact) mass is 379 g/mol. The highest BCUT2D eigenvalue weighted by atomic mass is 32.1. The van der Waals surface area contributed by atoms with Gasteiger partial charge in [-0.1, -0.05) is 6.57 Å². The van der Waals surface area contributed by atoms with Crippen LogP contribution in [-0.4, -0.2) is 26.1 Å². The molecular weight excluding hydrogens is 362 g/mol. The maximum atomic E-state index is 13.4. The van der Waals surface area contributed by atoms with Crippen molar-refractivity contribution in [2.24, 2.45) is 7.05 Å². The Hall–Kier alpha value is -3.05. The van der Waals surface area contributed by atoms with E-state index in [4.69, 9.17) is 18.8 Å².